The first kappa shape index (κ1) is 13.6. The Morgan fingerprint density at radius 3 is 2.65 bits per heavy atom. The standard InChI is InChI=1S/C13H15N3.ClH/c1-15(2)7-8-16-12(10-14)9-11-5-3-4-6-13(11)16;/h3-6,9H,7-8H2,1-2H3;1H. The second-order valence-corrected chi connectivity index (χ2v) is 4.16. The number of halogens is 1. The Balaban J connectivity index is 0.00000144. The van der Waals surface area contributed by atoms with Gasteiger partial charge < -0.3 is 9.47 Å². The highest BCUT2D eigenvalue weighted by molar-refractivity contribution is 5.85. The summed E-state index contributed by atoms with van der Waals surface area (Å²) in [7, 11) is 4.08. The van der Waals surface area contributed by atoms with Crippen molar-refractivity contribution in [3.63, 3.8) is 0 Å². The number of nitrogens with zero attached hydrogens (tertiary/aromatic N) is 3. The largest absolute Gasteiger partial charge is 0.331 e. The molecule has 0 atom stereocenters. The van der Waals surface area contributed by atoms with E-state index < -0.39 is 0 Å². The zero-order valence-electron chi connectivity index (χ0n) is 10.1. The summed E-state index contributed by atoms with van der Waals surface area (Å²) in [6, 6.07) is 12.3. The minimum Gasteiger partial charge on any atom is -0.331 e. The van der Waals surface area contributed by atoms with E-state index in [4.69, 9.17) is 5.26 Å². The fourth-order valence-electron chi connectivity index (χ4n) is 1.84. The van der Waals surface area contributed by atoms with Crippen molar-refractivity contribution in [2.24, 2.45) is 0 Å². The van der Waals surface area contributed by atoms with Gasteiger partial charge in [0.2, 0.25) is 0 Å². The van der Waals surface area contributed by atoms with E-state index in [0.29, 0.717) is 0 Å². The highest BCUT2D eigenvalue weighted by Crippen LogP contribution is 2.18. The molecule has 0 saturated carbocycles. The summed E-state index contributed by atoms with van der Waals surface area (Å²) in [6.45, 7) is 1.79. The highest BCUT2D eigenvalue weighted by atomic mass is 35.5. The van der Waals surface area contributed by atoms with Crippen LogP contribution in [0.1, 0.15) is 5.69 Å². The number of likely N-dealkylation sites (N-methyl/N-ethyl adjacent to an activating group) is 1. The second kappa shape index (κ2) is 5.72. The third kappa shape index (κ3) is 2.79. The first-order valence-electron chi connectivity index (χ1n) is 5.35. The van der Waals surface area contributed by atoms with Crippen molar-refractivity contribution >= 4 is 23.3 Å². The summed E-state index contributed by atoms with van der Waals surface area (Å²) in [5.74, 6) is 0. The van der Waals surface area contributed by atoms with Gasteiger partial charge in [-0.2, -0.15) is 5.26 Å². The monoisotopic (exact) mass is 249 g/mol. The number of para-hydroxylation sites is 1. The molecule has 0 aliphatic carbocycles. The average Bonchev–Trinajstić information content (AvgIpc) is 2.64. The van der Waals surface area contributed by atoms with Gasteiger partial charge in [-0.25, -0.2) is 0 Å². The summed E-state index contributed by atoms with van der Waals surface area (Å²) in [6.07, 6.45) is 0. The zero-order chi connectivity index (χ0) is 11.5. The molecule has 0 aliphatic heterocycles. The molecule has 0 unspecified atom stereocenters. The van der Waals surface area contributed by atoms with Crippen LogP contribution in [0.2, 0.25) is 0 Å². The van der Waals surface area contributed by atoms with Gasteiger partial charge in [-0.05, 0) is 26.2 Å². The maximum Gasteiger partial charge on any atom is 0.121 e. The minimum atomic E-state index is 0. The van der Waals surface area contributed by atoms with E-state index in [1.807, 2.05) is 38.4 Å². The molecular formula is C13H16ClN3. The van der Waals surface area contributed by atoms with Crippen LogP contribution in [0.5, 0.6) is 0 Å². The third-order valence-corrected chi connectivity index (χ3v) is 2.70. The molecule has 0 bridgehead atoms. The van der Waals surface area contributed by atoms with Crippen LogP contribution in [-0.4, -0.2) is 30.1 Å². The molecule has 0 N–H and O–H groups in total. The van der Waals surface area contributed by atoms with Crippen molar-refractivity contribution in [3.05, 3.63) is 36.0 Å². The van der Waals surface area contributed by atoms with E-state index in [1.54, 1.807) is 0 Å². The fourth-order valence-corrected chi connectivity index (χ4v) is 1.84. The number of rotatable bonds is 3. The van der Waals surface area contributed by atoms with Crippen LogP contribution in [0.15, 0.2) is 30.3 Å². The van der Waals surface area contributed by atoms with Gasteiger partial charge in [0, 0.05) is 24.0 Å². The maximum atomic E-state index is 9.10. The number of aromatic nitrogens is 1. The first-order chi connectivity index (χ1) is 7.72. The highest BCUT2D eigenvalue weighted by Gasteiger charge is 2.07. The Hall–Kier alpha value is -1.50. The quantitative estimate of drug-likeness (QED) is 0.837. The van der Waals surface area contributed by atoms with E-state index in [2.05, 4.69) is 21.6 Å². The Bertz CT molecular complexity index is 537. The van der Waals surface area contributed by atoms with Gasteiger partial charge in [0.25, 0.3) is 0 Å². The molecule has 0 fully saturated rings. The van der Waals surface area contributed by atoms with Crippen molar-refractivity contribution in [2.75, 3.05) is 20.6 Å². The maximum absolute atomic E-state index is 9.10. The zero-order valence-corrected chi connectivity index (χ0v) is 10.9. The van der Waals surface area contributed by atoms with Crippen molar-refractivity contribution in [3.8, 4) is 6.07 Å². The molecule has 0 radical (unpaired) electrons. The smallest absolute Gasteiger partial charge is 0.121 e. The van der Waals surface area contributed by atoms with Crippen LogP contribution in [0, 0.1) is 11.3 Å². The molecule has 90 valence electrons. The van der Waals surface area contributed by atoms with Gasteiger partial charge in [-0.15, -0.1) is 12.4 Å². The number of nitriles is 1. The third-order valence-electron chi connectivity index (χ3n) is 2.70. The van der Waals surface area contributed by atoms with Gasteiger partial charge in [0.15, 0.2) is 0 Å². The summed E-state index contributed by atoms with van der Waals surface area (Å²) in [5.41, 5.74) is 1.88. The fraction of sp³-hybridized carbons (Fsp3) is 0.308. The number of hydrogen-bond acceptors (Lipinski definition) is 2. The van der Waals surface area contributed by atoms with E-state index in [-0.39, 0.29) is 12.4 Å². The molecule has 0 saturated heterocycles. The molecule has 1 aromatic heterocycles. The lowest BCUT2D eigenvalue weighted by Crippen LogP contribution is -2.18. The van der Waals surface area contributed by atoms with Crippen LogP contribution < -0.4 is 0 Å². The van der Waals surface area contributed by atoms with E-state index in [0.717, 1.165) is 29.7 Å². The van der Waals surface area contributed by atoms with Crippen molar-refractivity contribution in [1.82, 2.24) is 9.47 Å². The van der Waals surface area contributed by atoms with E-state index >= 15 is 0 Å². The molecule has 4 heteroatoms. The number of benzene rings is 1. The van der Waals surface area contributed by atoms with Crippen LogP contribution in [0.3, 0.4) is 0 Å². The van der Waals surface area contributed by atoms with Gasteiger partial charge in [-0.3, -0.25) is 0 Å². The molecule has 1 aromatic carbocycles. The van der Waals surface area contributed by atoms with Crippen LogP contribution in [0.4, 0.5) is 0 Å². The topological polar surface area (TPSA) is 32.0 Å². The van der Waals surface area contributed by atoms with E-state index in [9.17, 15) is 0 Å². The molecule has 0 spiro atoms. The van der Waals surface area contributed by atoms with E-state index in [1.165, 1.54) is 0 Å². The van der Waals surface area contributed by atoms with Gasteiger partial charge in [-0.1, -0.05) is 18.2 Å². The molecule has 1 heterocycles. The molecule has 3 nitrogen and oxygen atoms in total. The molecule has 2 rings (SSSR count). The molecular weight excluding hydrogens is 234 g/mol. The normalized spacial score (nSPS) is 10.2. The van der Waals surface area contributed by atoms with Crippen molar-refractivity contribution in [2.45, 2.75) is 6.54 Å². The molecule has 0 aliphatic rings. The lowest BCUT2D eigenvalue weighted by molar-refractivity contribution is 0.386. The first-order valence-corrected chi connectivity index (χ1v) is 5.35. The number of fused-ring (bicyclic) bond motifs is 1. The van der Waals surface area contributed by atoms with Crippen LogP contribution >= 0.6 is 12.4 Å². The average molecular weight is 250 g/mol. The Morgan fingerprint density at radius 1 is 1.29 bits per heavy atom. The minimum absolute atomic E-state index is 0. The summed E-state index contributed by atoms with van der Waals surface area (Å²) in [4.78, 5) is 2.12. The molecule has 2 aromatic rings. The predicted octanol–water partition coefficient (Wildman–Crippen LogP) is 2.50. The predicted molar refractivity (Wildman–Crippen MR) is 72.5 cm³/mol. The van der Waals surface area contributed by atoms with Gasteiger partial charge in [0.1, 0.15) is 11.8 Å². The Morgan fingerprint density at radius 2 is 2.00 bits per heavy atom. The Labute approximate surface area is 108 Å². The van der Waals surface area contributed by atoms with Gasteiger partial charge in [0.05, 0.1) is 0 Å². The van der Waals surface area contributed by atoms with Gasteiger partial charge >= 0.3 is 0 Å². The van der Waals surface area contributed by atoms with Crippen molar-refractivity contribution in [1.29, 1.82) is 5.26 Å². The lowest BCUT2D eigenvalue weighted by Gasteiger charge is -2.12. The van der Waals surface area contributed by atoms with Crippen LogP contribution in [0.25, 0.3) is 10.9 Å². The Kier molecular flexibility index (Phi) is 4.56. The molecule has 17 heavy (non-hydrogen) atoms. The SMILES string of the molecule is CN(C)CCn1c(C#N)cc2ccccc21.Cl. The summed E-state index contributed by atoms with van der Waals surface area (Å²) < 4.78 is 2.08. The summed E-state index contributed by atoms with van der Waals surface area (Å²) >= 11 is 0. The lowest BCUT2D eigenvalue weighted by atomic mass is 10.2. The van der Waals surface area contributed by atoms with Crippen molar-refractivity contribution < 1.29 is 0 Å². The van der Waals surface area contributed by atoms with Crippen LogP contribution in [-0.2, 0) is 6.54 Å². The number of hydrogen-bond donors (Lipinski definition) is 0. The second-order valence-electron chi connectivity index (χ2n) is 4.16. The summed E-state index contributed by atoms with van der Waals surface area (Å²) in [5, 5.41) is 10.2. The molecule has 0 amide bonds.